The second kappa shape index (κ2) is 7.15. The van der Waals surface area contributed by atoms with Gasteiger partial charge in [0.05, 0.1) is 18.8 Å². The van der Waals surface area contributed by atoms with Gasteiger partial charge in [-0.2, -0.15) is 0 Å². The molecule has 1 unspecified atom stereocenters. The average Bonchev–Trinajstić information content (AvgIpc) is 2.85. The predicted molar refractivity (Wildman–Crippen MR) is 76.2 cm³/mol. The molecule has 20 heavy (non-hydrogen) atoms. The Balaban J connectivity index is 1.67. The summed E-state index contributed by atoms with van der Waals surface area (Å²) in [4.78, 5) is 0. The van der Waals surface area contributed by atoms with Gasteiger partial charge in [-0.05, 0) is 40.0 Å². The van der Waals surface area contributed by atoms with Crippen molar-refractivity contribution in [1.29, 1.82) is 0 Å². The largest absolute Gasteiger partial charge is 0.353 e. The highest BCUT2D eigenvalue weighted by Gasteiger charge is 2.14. The minimum atomic E-state index is -0.0331. The molecule has 0 amide bonds. The van der Waals surface area contributed by atoms with Gasteiger partial charge in [-0.1, -0.05) is 5.21 Å². The first-order valence-electron chi connectivity index (χ1n) is 7.40. The number of rotatable bonds is 6. The third kappa shape index (κ3) is 5.56. The predicted octanol–water partition coefficient (Wildman–Crippen LogP) is 1.71. The van der Waals surface area contributed by atoms with Crippen LogP contribution in [-0.4, -0.2) is 40.0 Å². The van der Waals surface area contributed by atoms with E-state index in [4.69, 9.17) is 9.47 Å². The van der Waals surface area contributed by atoms with Crippen molar-refractivity contribution in [2.75, 3.05) is 13.2 Å². The van der Waals surface area contributed by atoms with Gasteiger partial charge >= 0.3 is 0 Å². The molecule has 1 aliphatic heterocycles. The first kappa shape index (κ1) is 15.4. The van der Waals surface area contributed by atoms with E-state index in [1.807, 2.05) is 10.9 Å². The fraction of sp³-hybridized carbons (Fsp3) is 0.857. The van der Waals surface area contributed by atoms with Gasteiger partial charge in [-0.15, -0.1) is 5.10 Å². The summed E-state index contributed by atoms with van der Waals surface area (Å²) in [7, 11) is 0. The van der Waals surface area contributed by atoms with Gasteiger partial charge in [0, 0.05) is 24.9 Å². The van der Waals surface area contributed by atoms with Crippen LogP contribution in [0.2, 0.25) is 0 Å². The van der Waals surface area contributed by atoms with E-state index in [1.165, 1.54) is 6.42 Å². The second-order valence-electron chi connectivity index (χ2n) is 6.24. The molecular formula is C14H26N4O2. The molecule has 1 atom stereocenters. The fourth-order valence-corrected chi connectivity index (χ4v) is 2.00. The zero-order valence-corrected chi connectivity index (χ0v) is 12.8. The van der Waals surface area contributed by atoms with Crippen LogP contribution < -0.4 is 5.32 Å². The maximum absolute atomic E-state index is 5.68. The van der Waals surface area contributed by atoms with E-state index >= 15 is 0 Å². The number of hydrogen-bond donors (Lipinski definition) is 1. The number of aromatic nitrogens is 3. The monoisotopic (exact) mass is 282 g/mol. The Labute approximate surface area is 120 Å². The van der Waals surface area contributed by atoms with Crippen molar-refractivity contribution in [2.45, 2.75) is 65.0 Å². The van der Waals surface area contributed by atoms with Gasteiger partial charge in [0.2, 0.25) is 0 Å². The molecule has 1 fully saturated rings. The Bertz CT molecular complexity index is 394. The van der Waals surface area contributed by atoms with E-state index < -0.39 is 0 Å². The lowest BCUT2D eigenvalue weighted by Crippen LogP contribution is -2.35. The Hall–Kier alpha value is -0.980. The van der Waals surface area contributed by atoms with Crippen LogP contribution in [0.5, 0.6) is 0 Å². The molecule has 0 spiro atoms. The molecule has 0 aromatic carbocycles. The van der Waals surface area contributed by atoms with E-state index in [1.54, 1.807) is 0 Å². The van der Waals surface area contributed by atoms with Crippen LogP contribution in [0.15, 0.2) is 6.20 Å². The van der Waals surface area contributed by atoms with Gasteiger partial charge in [0.15, 0.2) is 6.29 Å². The Kier molecular flexibility index (Phi) is 5.51. The minimum absolute atomic E-state index is 0.0331. The summed E-state index contributed by atoms with van der Waals surface area (Å²) in [6, 6.07) is 0. The molecule has 1 aromatic heterocycles. The number of nitrogens with zero attached hydrogens (tertiary/aromatic N) is 3. The lowest BCUT2D eigenvalue weighted by molar-refractivity contribution is -0.163. The first-order chi connectivity index (χ1) is 9.53. The van der Waals surface area contributed by atoms with Crippen LogP contribution in [0.3, 0.4) is 0 Å². The molecule has 114 valence electrons. The molecule has 1 N–H and O–H groups in total. The van der Waals surface area contributed by atoms with Crippen molar-refractivity contribution >= 4 is 0 Å². The van der Waals surface area contributed by atoms with Crippen LogP contribution in [0, 0.1) is 0 Å². The summed E-state index contributed by atoms with van der Waals surface area (Å²) in [6.45, 7) is 9.27. The molecule has 0 saturated carbocycles. The van der Waals surface area contributed by atoms with Crippen LogP contribution in [-0.2, 0) is 22.6 Å². The van der Waals surface area contributed by atoms with Crippen molar-refractivity contribution in [3.8, 4) is 0 Å². The van der Waals surface area contributed by atoms with Crippen molar-refractivity contribution in [1.82, 2.24) is 20.3 Å². The molecule has 6 heteroatoms. The molecule has 1 saturated heterocycles. The van der Waals surface area contributed by atoms with Gasteiger partial charge in [-0.25, -0.2) is 4.68 Å². The van der Waals surface area contributed by atoms with Crippen molar-refractivity contribution in [3.05, 3.63) is 11.9 Å². The Morgan fingerprint density at radius 1 is 1.45 bits per heavy atom. The van der Waals surface area contributed by atoms with Gasteiger partial charge in [-0.3, -0.25) is 0 Å². The third-order valence-corrected chi connectivity index (χ3v) is 3.15. The molecule has 0 radical (unpaired) electrons. The van der Waals surface area contributed by atoms with Crippen LogP contribution >= 0.6 is 0 Å². The van der Waals surface area contributed by atoms with Crippen molar-refractivity contribution in [2.24, 2.45) is 0 Å². The van der Waals surface area contributed by atoms with Gasteiger partial charge < -0.3 is 14.8 Å². The van der Waals surface area contributed by atoms with Crippen LogP contribution in [0.1, 0.15) is 45.7 Å². The third-order valence-electron chi connectivity index (χ3n) is 3.15. The first-order valence-corrected chi connectivity index (χ1v) is 7.40. The molecule has 6 nitrogen and oxygen atoms in total. The highest BCUT2D eigenvalue weighted by Crippen LogP contribution is 2.13. The standard InChI is InChI=1S/C14H26N4O2/c1-14(2,3)15-10-12-11-18(17-16-12)7-9-20-13-6-4-5-8-19-13/h11,13,15H,4-10H2,1-3H3. The lowest BCUT2D eigenvalue weighted by atomic mass is 10.1. The molecule has 1 aliphatic rings. The maximum Gasteiger partial charge on any atom is 0.157 e. The zero-order valence-electron chi connectivity index (χ0n) is 12.8. The zero-order chi connectivity index (χ0) is 14.4. The van der Waals surface area contributed by atoms with E-state index in [0.717, 1.165) is 31.7 Å². The fourth-order valence-electron chi connectivity index (χ4n) is 2.00. The highest BCUT2D eigenvalue weighted by atomic mass is 16.7. The quantitative estimate of drug-likeness (QED) is 0.860. The summed E-state index contributed by atoms with van der Waals surface area (Å²) in [6.07, 6.45) is 5.26. The van der Waals surface area contributed by atoms with E-state index in [9.17, 15) is 0 Å². The van der Waals surface area contributed by atoms with Gasteiger partial charge in [0.1, 0.15) is 0 Å². The molecule has 0 bridgehead atoms. The summed E-state index contributed by atoms with van der Waals surface area (Å²) in [5, 5.41) is 11.6. The van der Waals surface area contributed by atoms with E-state index in [2.05, 4.69) is 36.4 Å². The summed E-state index contributed by atoms with van der Waals surface area (Å²) in [5.41, 5.74) is 1.04. The molecular weight excluding hydrogens is 256 g/mol. The molecule has 2 heterocycles. The van der Waals surface area contributed by atoms with Crippen molar-refractivity contribution in [3.63, 3.8) is 0 Å². The summed E-state index contributed by atoms with van der Waals surface area (Å²) < 4.78 is 13.0. The van der Waals surface area contributed by atoms with Crippen molar-refractivity contribution < 1.29 is 9.47 Å². The second-order valence-corrected chi connectivity index (χ2v) is 6.24. The SMILES string of the molecule is CC(C)(C)NCc1cn(CCOC2CCCCO2)nn1. The lowest BCUT2D eigenvalue weighted by Gasteiger charge is -2.22. The van der Waals surface area contributed by atoms with E-state index in [0.29, 0.717) is 13.2 Å². The van der Waals surface area contributed by atoms with Gasteiger partial charge in [0.25, 0.3) is 0 Å². The molecule has 1 aromatic rings. The smallest absolute Gasteiger partial charge is 0.157 e. The molecule has 2 rings (SSSR count). The van der Waals surface area contributed by atoms with Crippen LogP contribution in [0.25, 0.3) is 0 Å². The minimum Gasteiger partial charge on any atom is -0.353 e. The topological polar surface area (TPSA) is 61.2 Å². The Morgan fingerprint density at radius 3 is 3.00 bits per heavy atom. The normalized spacial score (nSPS) is 20.2. The maximum atomic E-state index is 5.68. The average molecular weight is 282 g/mol. The van der Waals surface area contributed by atoms with E-state index in [-0.39, 0.29) is 11.8 Å². The summed E-state index contributed by atoms with van der Waals surface area (Å²) >= 11 is 0. The molecule has 0 aliphatic carbocycles. The Morgan fingerprint density at radius 2 is 2.30 bits per heavy atom. The number of ether oxygens (including phenoxy) is 2. The number of hydrogen-bond acceptors (Lipinski definition) is 5. The van der Waals surface area contributed by atoms with Crippen LogP contribution in [0.4, 0.5) is 0 Å². The number of nitrogens with one attached hydrogen (secondary N) is 1. The highest BCUT2D eigenvalue weighted by molar-refractivity contribution is 4.92. The summed E-state index contributed by atoms with van der Waals surface area (Å²) in [5.74, 6) is 0.